The van der Waals surface area contributed by atoms with Crippen molar-refractivity contribution < 1.29 is 24.2 Å². The summed E-state index contributed by atoms with van der Waals surface area (Å²) >= 11 is 0. The van der Waals surface area contributed by atoms with Gasteiger partial charge in [0.25, 0.3) is 0 Å². The van der Waals surface area contributed by atoms with Crippen molar-refractivity contribution in [2.24, 2.45) is 5.92 Å². The summed E-state index contributed by atoms with van der Waals surface area (Å²) in [6, 6.07) is 3.38. The summed E-state index contributed by atoms with van der Waals surface area (Å²) in [6.45, 7) is 3.37. The van der Waals surface area contributed by atoms with Gasteiger partial charge in [-0.25, -0.2) is 0 Å². The van der Waals surface area contributed by atoms with Crippen LogP contribution in [-0.2, 0) is 0 Å². The van der Waals surface area contributed by atoms with Gasteiger partial charge in [-0.05, 0) is 18.1 Å². The molecule has 0 bridgehead atoms. The van der Waals surface area contributed by atoms with Crippen molar-refractivity contribution in [1.82, 2.24) is 0 Å². The Labute approximate surface area is 96.3 Å². The van der Waals surface area contributed by atoms with Gasteiger partial charge in [-0.3, -0.25) is 0 Å². The molecule has 0 spiro atoms. The Morgan fingerprint density at radius 2 is 1.59 bits per heavy atom. The molecule has 0 aliphatic heterocycles. The smallest absolute Gasteiger partial charge is 0.313 e. The molecule has 1 aromatic carbocycles. The summed E-state index contributed by atoms with van der Waals surface area (Å²) in [5.41, 5.74) is 0. The van der Waals surface area contributed by atoms with Crippen LogP contribution in [0.1, 0.15) is 13.8 Å². The molecular weight excluding hydrogens is 263 g/mol. The molecule has 0 aromatic heterocycles. The molecule has 17 heavy (non-hydrogen) atoms. The van der Waals surface area contributed by atoms with E-state index in [1.165, 1.54) is 6.07 Å². The molecule has 0 amide bonds. The largest absolute Gasteiger partial charge is 0.492 e. The predicted octanol–water partition coefficient (Wildman–Crippen LogP) is 5.38. The van der Waals surface area contributed by atoms with E-state index in [-0.39, 0.29) is 12.5 Å². The standard InChI is InChI=1S/C10H13F5OS/c1-8(2)7-16-9-5-3-4-6-10(9)17(11,12,13,14)15/h3-6,8H,7H2,1-2H3. The second kappa shape index (κ2) is 3.51. The van der Waals surface area contributed by atoms with Crippen LogP contribution in [0, 0.1) is 5.92 Å². The van der Waals surface area contributed by atoms with Gasteiger partial charge in [-0.2, -0.15) is 0 Å². The molecule has 100 valence electrons. The SMILES string of the molecule is CC(C)COc1ccccc1S(F)(F)(F)(F)F. The fraction of sp³-hybridized carbons (Fsp3) is 0.400. The summed E-state index contributed by atoms with van der Waals surface area (Å²) in [5.74, 6) is -0.873. The highest BCUT2D eigenvalue weighted by Crippen LogP contribution is 3.03. The van der Waals surface area contributed by atoms with E-state index in [2.05, 4.69) is 0 Å². The van der Waals surface area contributed by atoms with Crippen molar-refractivity contribution in [3.63, 3.8) is 0 Å². The van der Waals surface area contributed by atoms with Crippen LogP contribution in [0.25, 0.3) is 0 Å². The zero-order valence-corrected chi connectivity index (χ0v) is 10.1. The molecular formula is C10H13F5OS. The van der Waals surface area contributed by atoms with Crippen LogP contribution in [0.15, 0.2) is 29.2 Å². The molecule has 0 heterocycles. The maximum absolute atomic E-state index is 12.7. The Kier molecular flexibility index (Phi) is 2.90. The van der Waals surface area contributed by atoms with Crippen LogP contribution >= 0.6 is 10.2 Å². The van der Waals surface area contributed by atoms with Gasteiger partial charge in [0, 0.05) is 0 Å². The van der Waals surface area contributed by atoms with Gasteiger partial charge in [0.1, 0.15) is 10.6 Å². The lowest BCUT2D eigenvalue weighted by Crippen LogP contribution is -2.11. The highest BCUT2D eigenvalue weighted by atomic mass is 32.5. The molecule has 0 atom stereocenters. The van der Waals surface area contributed by atoms with Gasteiger partial charge in [-0.1, -0.05) is 45.4 Å². The Hall–Kier alpha value is -0.980. The topological polar surface area (TPSA) is 9.23 Å². The first-order chi connectivity index (χ1) is 7.40. The van der Waals surface area contributed by atoms with E-state index in [1.807, 2.05) is 0 Å². The lowest BCUT2D eigenvalue weighted by Gasteiger charge is -2.41. The van der Waals surface area contributed by atoms with Crippen LogP contribution in [0.4, 0.5) is 19.4 Å². The number of ether oxygens (including phenoxy) is 1. The highest BCUT2D eigenvalue weighted by Gasteiger charge is 2.67. The molecule has 7 heteroatoms. The molecule has 0 aliphatic carbocycles. The normalized spacial score (nSPS) is 16.5. The second-order valence-electron chi connectivity index (χ2n) is 4.12. The average molecular weight is 276 g/mol. The van der Waals surface area contributed by atoms with Crippen molar-refractivity contribution in [3.8, 4) is 5.75 Å². The maximum Gasteiger partial charge on any atom is 0.313 e. The summed E-state index contributed by atoms with van der Waals surface area (Å²) in [5, 5.41) is 0. The number of benzene rings is 1. The van der Waals surface area contributed by atoms with E-state index in [9.17, 15) is 19.4 Å². The van der Waals surface area contributed by atoms with Crippen LogP contribution in [0.5, 0.6) is 5.75 Å². The quantitative estimate of drug-likeness (QED) is 0.671. The van der Waals surface area contributed by atoms with E-state index in [4.69, 9.17) is 4.74 Å². The first-order valence-electron chi connectivity index (χ1n) is 4.86. The minimum Gasteiger partial charge on any atom is -0.492 e. The summed E-state index contributed by atoms with van der Waals surface area (Å²) in [7, 11) is -9.68. The van der Waals surface area contributed by atoms with Crippen LogP contribution in [-0.4, -0.2) is 6.61 Å². The number of hydrogen-bond donors (Lipinski definition) is 0. The van der Waals surface area contributed by atoms with E-state index in [0.717, 1.165) is 12.1 Å². The van der Waals surface area contributed by atoms with Crippen LogP contribution in [0.3, 0.4) is 0 Å². The Bertz CT molecular complexity index is 411. The summed E-state index contributed by atoms with van der Waals surface area (Å²) in [6.07, 6.45) is 0. The van der Waals surface area contributed by atoms with Gasteiger partial charge in [0.05, 0.1) is 6.61 Å². The first-order valence-corrected chi connectivity index (χ1v) is 6.81. The zero-order chi connectivity index (χ0) is 13.4. The molecule has 0 unspecified atom stereocenters. The van der Waals surface area contributed by atoms with Gasteiger partial charge >= 0.3 is 10.2 Å². The van der Waals surface area contributed by atoms with Crippen molar-refractivity contribution in [1.29, 1.82) is 0 Å². The van der Waals surface area contributed by atoms with Crippen LogP contribution < -0.4 is 4.74 Å². The fourth-order valence-electron chi connectivity index (χ4n) is 1.14. The molecule has 0 fully saturated rings. The van der Waals surface area contributed by atoms with Crippen molar-refractivity contribution in [2.45, 2.75) is 18.7 Å². The summed E-state index contributed by atoms with van der Waals surface area (Å²) < 4.78 is 68.0. The minimum atomic E-state index is -9.68. The van der Waals surface area contributed by atoms with E-state index in [0.29, 0.717) is 6.07 Å². The van der Waals surface area contributed by atoms with E-state index in [1.54, 1.807) is 13.8 Å². The van der Waals surface area contributed by atoms with Gasteiger partial charge in [-0.15, -0.1) is 0 Å². The van der Waals surface area contributed by atoms with E-state index < -0.39 is 20.9 Å². The molecule has 0 radical (unpaired) electrons. The maximum atomic E-state index is 12.7. The van der Waals surface area contributed by atoms with Crippen LogP contribution in [0.2, 0.25) is 0 Å². The molecule has 0 saturated carbocycles. The lowest BCUT2D eigenvalue weighted by molar-refractivity contribution is 0.258. The Morgan fingerprint density at radius 1 is 1.06 bits per heavy atom. The number of para-hydroxylation sites is 1. The van der Waals surface area contributed by atoms with Gasteiger partial charge < -0.3 is 4.74 Å². The molecule has 0 N–H and O–H groups in total. The third kappa shape index (κ3) is 4.07. The predicted molar refractivity (Wildman–Crippen MR) is 58.2 cm³/mol. The van der Waals surface area contributed by atoms with Crippen molar-refractivity contribution in [3.05, 3.63) is 24.3 Å². The third-order valence-electron chi connectivity index (χ3n) is 1.84. The highest BCUT2D eigenvalue weighted by molar-refractivity contribution is 8.45. The molecule has 0 aliphatic rings. The Morgan fingerprint density at radius 3 is 2.06 bits per heavy atom. The zero-order valence-electron chi connectivity index (χ0n) is 9.30. The van der Waals surface area contributed by atoms with Gasteiger partial charge in [0.15, 0.2) is 0 Å². The third-order valence-corrected chi connectivity index (χ3v) is 3.01. The molecule has 0 saturated heterocycles. The lowest BCUT2D eigenvalue weighted by atomic mass is 10.2. The fourth-order valence-corrected chi connectivity index (χ4v) is 1.99. The number of rotatable bonds is 4. The molecule has 1 rings (SSSR count). The van der Waals surface area contributed by atoms with Gasteiger partial charge in [0.2, 0.25) is 0 Å². The molecule has 1 nitrogen and oxygen atoms in total. The van der Waals surface area contributed by atoms with Crippen molar-refractivity contribution >= 4 is 10.2 Å². The monoisotopic (exact) mass is 276 g/mol. The number of hydrogen-bond acceptors (Lipinski definition) is 1. The minimum absolute atomic E-state index is 0.0507. The average Bonchev–Trinajstić information content (AvgIpc) is 2.11. The first kappa shape index (κ1) is 14.1. The second-order valence-corrected chi connectivity index (χ2v) is 6.50. The molecule has 1 aromatic rings. The summed E-state index contributed by atoms with van der Waals surface area (Å²) in [4.78, 5) is -1.96. The van der Waals surface area contributed by atoms with E-state index >= 15 is 0 Å². The Balaban J connectivity index is 3.19. The van der Waals surface area contributed by atoms with Crippen molar-refractivity contribution in [2.75, 3.05) is 6.61 Å². The number of halogens is 5.